The molecular weight excluding hydrogens is 436 g/mol. The second-order valence-corrected chi connectivity index (χ2v) is 8.91. The van der Waals surface area contributed by atoms with Crippen LogP contribution in [0.4, 0.5) is 5.69 Å². The first-order valence-electron chi connectivity index (χ1n) is 11.9. The van der Waals surface area contributed by atoms with Gasteiger partial charge in [0.15, 0.2) is 5.69 Å². The Kier molecular flexibility index (Phi) is 6.19. The van der Waals surface area contributed by atoms with Crippen molar-refractivity contribution in [1.29, 1.82) is 0 Å². The number of fused-ring (bicyclic) bond motifs is 1. The van der Waals surface area contributed by atoms with Crippen molar-refractivity contribution in [2.45, 2.75) is 32.2 Å². The summed E-state index contributed by atoms with van der Waals surface area (Å²) in [5.74, 6) is -0.258. The fraction of sp³-hybridized carbons (Fsp3) is 0.207. The third-order valence-electron chi connectivity index (χ3n) is 6.70. The normalized spacial score (nSPS) is 13.2. The summed E-state index contributed by atoms with van der Waals surface area (Å²) in [6.07, 6.45) is 2.82. The first-order valence-corrected chi connectivity index (χ1v) is 11.9. The van der Waals surface area contributed by atoms with Crippen LogP contribution in [0.25, 0.3) is 5.69 Å². The number of carbonyl (C=O) groups excluding carboxylic acids is 2. The van der Waals surface area contributed by atoms with Gasteiger partial charge in [-0.15, -0.1) is 0 Å². The highest BCUT2D eigenvalue weighted by Gasteiger charge is 2.30. The number of hydrogen-bond donors (Lipinski definition) is 1. The highest BCUT2D eigenvalue weighted by molar-refractivity contribution is 6.04. The van der Waals surface area contributed by atoms with Crippen molar-refractivity contribution in [2.75, 3.05) is 12.4 Å². The zero-order valence-electron chi connectivity index (χ0n) is 19.9. The van der Waals surface area contributed by atoms with Crippen LogP contribution in [0.3, 0.4) is 0 Å². The summed E-state index contributed by atoms with van der Waals surface area (Å²) in [6.45, 7) is 1.99. The van der Waals surface area contributed by atoms with Gasteiger partial charge in [0.25, 0.3) is 11.8 Å². The summed E-state index contributed by atoms with van der Waals surface area (Å²) in [4.78, 5) is 27.9. The van der Waals surface area contributed by atoms with Gasteiger partial charge in [-0.2, -0.15) is 5.10 Å². The van der Waals surface area contributed by atoms with Crippen molar-refractivity contribution in [3.8, 4) is 5.69 Å². The summed E-state index contributed by atoms with van der Waals surface area (Å²) in [7, 11) is 1.81. The number of carbonyl (C=O) groups is 2. The van der Waals surface area contributed by atoms with Crippen molar-refractivity contribution in [2.24, 2.45) is 0 Å². The first kappa shape index (κ1) is 22.6. The van der Waals surface area contributed by atoms with E-state index in [9.17, 15) is 9.59 Å². The van der Waals surface area contributed by atoms with E-state index in [0.717, 1.165) is 41.8 Å². The molecular formula is C29H28N4O2. The molecule has 1 N–H and O–H groups in total. The van der Waals surface area contributed by atoms with Gasteiger partial charge in [0.05, 0.1) is 11.7 Å². The van der Waals surface area contributed by atoms with E-state index in [1.807, 2.05) is 91.4 Å². The summed E-state index contributed by atoms with van der Waals surface area (Å²) in [5, 5.41) is 7.71. The van der Waals surface area contributed by atoms with E-state index in [1.54, 1.807) is 17.0 Å². The third kappa shape index (κ3) is 4.47. The Balaban J connectivity index is 1.37. The number of aromatic nitrogens is 2. The molecule has 4 aromatic rings. The predicted molar refractivity (Wildman–Crippen MR) is 137 cm³/mol. The Bertz CT molecular complexity index is 1360. The second kappa shape index (κ2) is 9.58. The van der Waals surface area contributed by atoms with Crippen LogP contribution >= 0.6 is 0 Å². The summed E-state index contributed by atoms with van der Waals surface area (Å²) in [6, 6.07) is 26.5. The SMILES string of the molecule is CC(c1cccc(NC(=O)c2ccccc2)c1)N(C)C(=O)c1nn(-c2ccccc2)c2c1CCC2. The second-order valence-electron chi connectivity index (χ2n) is 8.91. The summed E-state index contributed by atoms with van der Waals surface area (Å²) < 4.78 is 1.92. The Morgan fingerprint density at radius 1 is 0.943 bits per heavy atom. The molecule has 1 unspecified atom stereocenters. The molecule has 6 nitrogen and oxygen atoms in total. The summed E-state index contributed by atoms with van der Waals surface area (Å²) in [5.41, 5.74) is 5.92. The molecule has 35 heavy (non-hydrogen) atoms. The molecule has 1 heterocycles. The largest absolute Gasteiger partial charge is 0.334 e. The number of rotatable bonds is 6. The van der Waals surface area contributed by atoms with E-state index < -0.39 is 0 Å². The maximum atomic E-state index is 13.6. The van der Waals surface area contributed by atoms with Gasteiger partial charge < -0.3 is 10.2 Å². The van der Waals surface area contributed by atoms with Crippen LogP contribution in [0.1, 0.15) is 57.1 Å². The monoisotopic (exact) mass is 464 g/mol. The van der Waals surface area contributed by atoms with Crippen molar-refractivity contribution in [1.82, 2.24) is 14.7 Å². The molecule has 2 amide bonds. The van der Waals surface area contributed by atoms with Crippen molar-refractivity contribution in [3.63, 3.8) is 0 Å². The number of para-hydroxylation sites is 1. The lowest BCUT2D eigenvalue weighted by Gasteiger charge is -2.25. The van der Waals surface area contributed by atoms with Gasteiger partial charge in [0, 0.05) is 29.6 Å². The lowest BCUT2D eigenvalue weighted by atomic mass is 10.1. The summed E-state index contributed by atoms with van der Waals surface area (Å²) >= 11 is 0. The predicted octanol–water partition coefficient (Wildman–Crippen LogP) is 5.45. The van der Waals surface area contributed by atoms with Crippen molar-refractivity contribution >= 4 is 17.5 Å². The molecule has 6 heteroatoms. The molecule has 0 fully saturated rings. The molecule has 1 atom stereocenters. The number of amides is 2. The topological polar surface area (TPSA) is 67.2 Å². The van der Waals surface area contributed by atoms with Crippen LogP contribution in [0.5, 0.6) is 0 Å². The van der Waals surface area contributed by atoms with Crippen LogP contribution in [0, 0.1) is 0 Å². The fourth-order valence-electron chi connectivity index (χ4n) is 4.63. The van der Waals surface area contributed by atoms with Crippen LogP contribution in [-0.2, 0) is 12.8 Å². The highest BCUT2D eigenvalue weighted by Crippen LogP contribution is 2.30. The van der Waals surface area contributed by atoms with Crippen LogP contribution in [0.2, 0.25) is 0 Å². The number of nitrogens with one attached hydrogen (secondary N) is 1. The first-order chi connectivity index (χ1) is 17.0. The minimum Gasteiger partial charge on any atom is -0.334 e. The molecule has 5 rings (SSSR count). The molecule has 0 aliphatic heterocycles. The smallest absolute Gasteiger partial charge is 0.274 e. The van der Waals surface area contributed by atoms with Crippen LogP contribution in [0.15, 0.2) is 84.9 Å². The van der Waals surface area contributed by atoms with Crippen LogP contribution in [-0.4, -0.2) is 33.5 Å². The Labute approximate surface area is 205 Å². The van der Waals surface area contributed by atoms with E-state index in [4.69, 9.17) is 5.10 Å². The third-order valence-corrected chi connectivity index (χ3v) is 6.70. The van der Waals surface area contributed by atoms with Gasteiger partial charge >= 0.3 is 0 Å². The van der Waals surface area contributed by atoms with E-state index in [-0.39, 0.29) is 17.9 Å². The lowest BCUT2D eigenvalue weighted by molar-refractivity contribution is 0.0735. The Morgan fingerprint density at radius 3 is 2.40 bits per heavy atom. The molecule has 1 aliphatic rings. The molecule has 176 valence electrons. The Hall–Kier alpha value is -4.19. The van der Waals surface area contributed by atoms with E-state index in [1.165, 1.54) is 0 Å². The van der Waals surface area contributed by atoms with Gasteiger partial charge in [0.1, 0.15) is 0 Å². The van der Waals surface area contributed by atoms with Gasteiger partial charge in [-0.25, -0.2) is 4.68 Å². The zero-order chi connectivity index (χ0) is 24.4. The highest BCUT2D eigenvalue weighted by atomic mass is 16.2. The molecule has 0 saturated carbocycles. The van der Waals surface area contributed by atoms with Crippen molar-refractivity contribution in [3.05, 3.63) is 113 Å². The van der Waals surface area contributed by atoms with Gasteiger partial charge in [-0.1, -0.05) is 48.5 Å². The molecule has 1 aromatic heterocycles. The number of anilines is 1. The standard InChI is InChI=1S/C29H28N4O2/c1-20(22-13-9-14-23(19-22)30-28(34)21-11-5-3-6-12-21)32(2)29(35)27-25-17-10-18-26(25)33(31-27)24-15-7-4-8-16-24/h3-9,11-16,19-20H,10,17-18H2,1-2H3,(H,30,34). The van der Waals surface area contributed by atoms with Crippen LogP contribution < -0.4 is 5.32 Å². The fourth-order valence-corrected chi connectivity index (χ4v) is 4.63. The molecule has 0 bridgehead atoms. The number of hydrogen-bond acceptors (Lipinski definition) is 3. The maximum Gasteiger partial charge on any atom is 0.274 e. The molecule has 3 aromatic carbocycles. The molecule has 0 saturated heterocycles. The minimum absolute atomic E-state index is 0.0935. The maximum absolute atomic E-state index is 13.6. The van der Waals surface area contributed by atoms with E-state index >= 15 is 0 Å². The average molecular weight is 465 g/mol. The van der Waals surface area contributed by atoms with Gasteiger partial charge in [-0.3, -0.25) is 9.59 Å². The molecule has 0 spiro atoms. The number of benzene rings is 3. The lowest BCUT2D eigenvalue weighted by Crippen LogP contribution is -2.30. The van der Waals surface area contributed by atoms with Gasteiger partial charge in [0.2, 0.25) is 0 Å². The number of nitrogens with zero attached hydrogens (tertiary/aromatic N) is 3. The Morgan fingerprint density at radius 2 is 1.66 bits per heavy atom. The average Bonchev–Trinajstić information content (AvgIpc) is 3.52. The molecule has 0 radical (unpaired) electrons. The van der Waals surface area contributed by atoms with Gasteiger partial charge in [-0.05, 0) is 68.1 Å². The van der Waals surface area contributed by atoms with E-state index in [2.05, 4.69) is 5.32 Å². The zero-order valence-corrected chi connectivity index (χ0v) is 19.9. The molecule has 1 aliphatic carbocycles. The van der Waals surface area contributed by atoms with E-state index in [0.29, 0.717) is 16.9 Å². The minimum atomic E-state index is -0.199. The van der Waals surface area contributed by atoms with Crippen molar-refractivity contribution < 1.29 is 9.59 Å². The quantitative estimate of drug-likeness (QED) is 0.413.